The van der Waals surface area contributed by atoms with Crippen LogP contribution in [-0.4, -0.2) is 4.57 Å². The molecule has 0 saturated carbocycles. The fourth-order valence-electron chi connectivity index (χ4n) is 3.16. The van der Waals surface area contributed by atoms with Gasteiger partial charge < -0.3 is 9.88 Å². The molecule has 2 aromatic carbocycles. The minimum atomic E-state index is 0. The van der Waals surface area contributed by atoms with Crippen LogP contribution < -0.4 is 5.32 Å². The van der Waals surface area contributed by atoms with Crippen LogP contribution in [0.2, 0.25) is 10.0 Å². The second-order valence-electron chi connectivity index (χ2n) is 6.22. The molecule has 0 saturated heterocycles. The SMILES string of the molecule is Cl.Clc1ccc(Cn2cc(CNCc3cccs3)c3ccccc32)c(Cl)c1. The molecule has 0 atom stereocenters. The summed E-state index contributed by atoms with van der Waals surface area (Å²) >= 11 is 14.2. The van der Waals surface area contributed by atoms with Crippen LogP contribution in [0.15, 0.2) is 66.2 Å². The monoisotopic (exact) mass is 436 g/mol. The van der Waals surface area contributed by atoms with E-state index in [2.05, 4.69) is 57.9 Å². The summed E-state index contributed by atoms with van der Waals surface area (Å²) < 4.78 is 2.26. The first-order chi connectivity index (χ1) is 12.7. The van der Waals surface area contributed by atoms with Crippen molar-refractivity contribution in [2.45, 2.75) is 19.6 Å². The van der Waals surface area contributed by atoms with E-state index in [1.165, 1.54) is 21.3 Å². The smallest absolute Gasteiger partial charge is 0.0491 e. The molecule has 0 amide bonds. The molecule has 2 aromatic heterocycles. The molecule has 27 heavy (non-hydrogen) atoms. The number of hydrogen-bond donors (Lipinski definition) is 1. The molecule has 6 heteroatoms. The molecule has 0 radical (unpaired) electrons. The quantitative estimate of drug-likeness (QED) is 0.352. The summed E-state index contributed by atoms with van der Waals surface area (Å²) in [7, 11) is 0. The zero-order valence-corrected chi connectivity index (χ0v) is 17.6. The lowest BCUT2D eigenvalue weighted by molar-refractivity contribution is 0.700. The summed E-state index contributed by atoms with van der Waals surface area (Å²) in [4.78, 5) is 1.35. The highest BCUT2D eigenvalue weighted by atomic mass is 35.5. The molecule has 0 unspecified atom stereocenters. The van der Waals surface area contributed by atoms with Gasteiger partial charge in [0.1, 0.15) is 0 Å². The van der Waals surface area contributed by atoms with Crippen LogP contribution in [0.4, 0.5) is 0 Å². The number of rotatable bonds is 6. The molecule has 0 aliphatic heterocycles. The zero-order chi connectivity index (χ0) is 17.9. The second kappa shape index (κ2) is 9.13. The normalized spacial score (nSPS) is 10.9. The van der Waals surface area contributed by atoms with Gasteiger partial charge in [-0.15, -0.1) is 23.7 Å². The van der Waals surface area contributed by atoms with Crippen molar-refractivity contribution in [1.82, 2.24) is 9.88 Å². The average molecular weight is 438 g/mol. The Morgan fingerprint density at radius 2 is 1.78 bits per heavy atom. The van der Waals surface area contributed by atoms with Gasteiger partial charge in [-0.1, -0.05) is 53.5 Å². The highest BCUT2D eigenvalue weighted by Gasteiger charge is 2.10. The van der Waals surface area contributed by atoms with Crippen molar-refractivity contribution in [3.8, 4) is 0 Å². The summed E-state index contributed by atoms with van der Waals surface area (Å²) in [6, 6.07) is 18.4. The van der Waals surface area contributed by atoms with Crippen molar-refractivity contribution in [2.24, 2.45) is 0 Å². The van der Waals surface area contributed by atoms with Crippen LogP contribution in [0.5, 0.6) is 0 Å². The van der Waals surface area contributed by atoms with E-state index >= 15 is 0 Å². The maximum Gasteiger partial charge on any atom is 0.0491 e. The molecular weight excluding hydrogens is 419 g/mol. The standard InChI is InChI=1S/C21H18Cl2N2S.ClH/c22-17-8-7-15(20(23)10-17)13-25-14-16(19-5-1-2-6-21(19)25)11-24-12-18-4-3-9-26-18;/h1-10,14,24H,11-13H2;1H. The number of halogens is 3. The molecule has 0 spiro atoms. The Balaban J connectivity index is 0.00000210. The van der Waals surface area contributed by atoms with Gasteiger partial charge in [0, 0.05) is 51.7 Å². The lowest BCUT2D eigenvalue weighted by Gasteiger charge is -2.08. The number of para-hydroxylation sites is 1. The maximum absolute atomic E-state index is 6.37. The lowest BCUT2D eigenvalue weighted by atomic mass is 10.2. The Hall–Kier alpha value is -1.49. The number of benzene rings is 2. The Labute approximate surface area is 179 Å². The fourth-order valence-corrected chi connectivity index (χ4v) is 4.30. The van der Waals surface area contributed by atoms with Crippen LogP contribution in [0.1, 0.15) is 16.0 Å². The van der Waals surface area contributed by atoms with E-state index in [9.17, 15) is 0 Å². The van der Waals surface area contributed by atoms with E-state index in [-0.39, 0.29) is 12.4 Å². The van der Waals surface area contributed by atoms with E-state index in [0.29, 0.717) is 10.0 Å². The zero-order valence-electron chi connectivity index (χ0n) is 14.5. The summed E-state index contributed by atoms with van der Waals surface area (Å²) in [5.74, 6) is 0. The number of thiophene rings is 1. The van der Waals surface area contributed by atoms with Crippen LogP contribution in [-0.2, 0) is 19.6 Å². The Kier molecular flexibility index (Phi) is 6.85. The van der Waals surface area contributed by atoms with Gasteiger partial charge in [-0.05, 0) is 40.8 Å². The second-order valence-corrected chi connectivity index (χ2v) is 8.09. The Morgan fingerprint density at radius 3 is 2.56 bits per heavy atom. The van der Waals surface area contributed by atoms with Crippen molar-refractivity contribution in [3.63, 3.8) is 0 Å². The maximum atomic E-state index is 6.37. The van der Waals surface area contributed by atoms with Crippen molar-refractivity contribution in [3.05, 3.63) is 92.2 Å². The molecular formula is C21H19Cl3N2S. The number of fused-ring (bicyclic) bond motifs is 1. The predicted octanol–water partition coefficient (Wildman–Crippen LogP) is 6.77. The van der Waals surface area contributed by atoms with Gasteiger partial charge in [0.05, 0.1) is 0 Å². The largest absolute Gasteiger partial charge is 0.343 e. The minimum Gasteiger partial charge on any atom is -0.343 e. The summed E-state index contributed by atoms with van der Waals surface area (Å²) in [6.07, 6.45) is 2.22. The highest BCUT2D eigenvalue weighted by Crippen LogP contribution is 2.26. The van der Waals surface area contributed by atoms with Gasteiger partial charge in [0.25, 0.3) is 0 Å². The van der Waals surface area contributed by atoms with E-state index in [1.54, 1.807) is 17.4 Å². The van der Waals surface area contributed by atoms with Gasteiger partial charge >= 0.3 is 0 Å². The molecule has 1 N–H and O–H groups in total. The first-order valence-electron chi connectivity index (χ1n) is 8.44. The van der Waals surface area contributed by atoms with Crippen LogP contribution in [0, 0.1) is 0 Å². The highest BCUT2D eigenvalue weighted by molar-refractivity contribution is 7.09. The molecule has 0 aliphatic rings. The summed E-state index contributed by atoms with van der Waals surface area (Å²) in [6.45, 7) is 2.45. The predicted molar refractivity (Wildman–Crippen MR) is 120 cm³/mol. The van der Waals surface area contributed by atoms with Crippen LogP contribution >= 0.6 is 46.9 Å². The van der Waals surface area contributed by atoms with Gasteiger partial charge in [0.2, 0.25) is 0 Å². The molecule has 2 nitrogen and oxygen atoms in total. The van der Waals surface area contributed by atoms with Gasteiger partial charge in [-0.25, -0.2) is 0 Å². The summed E-state index contributed by atoms with van der Waals surface area (Å²) in [5, 5.41) is 8.29. The molecule has 0 bridgehead atoms. The number of nitrogens with one attached hydrogen (secondary N) is 1. The van der Waals surface area contributed by atoms with Crippen molar-refractivity contribution < 1.29 is 0 Å². The van der Waals surface area contributed by atoms with Gasteiger partial charge in [-0.2, -0.15) is 0 Å². The van der Waals surface area contributed by atoms with Crippen molar-refractivity contribution in [1.29, 1.82) is 0 Å². The average Bonchev–Trinajstić information content (AvgIpc) is 3.26. The van der Waals surface area contributed by atoms with Gasteiger partial charge in [0.15, 0.2) is 0 Å². The number of hydrogen-bond acceptors (Lipinski definition) is 2. The first-order valence-corrected chi connectivity index (χ1v) is 10.1. The molecule has 140 valence electrons. The number of aromatic nitrogens is 1. The Bertz CT molecular complexity index is 1030. The van der Waals surface area contributed by atoms with Crippen molar-refractivity contribution in [2.75, 3.05) is 0 Å². The molecule has 4 rings (SSSR count). The Morgan fingerprint density at radius 1 is 0.926 bits per heavy atom. The molecule has 0 fully saturated rings. The van der Waals surface area contributed by atoms with Crippen LogP contribution in [0.3, 0.4) is 0 Å². The third kappa shape index (κ3) is 4.68. The minimum absolute atomic E-state index is 0. The third-order valence-corrected chi connectivity index (χ3v) is 5.89. The first kappa shape index (κ1) is 20.2. The van der Waals surface area contributed by atoms with E-state index in [0.717, 1.165) is 25.2 Å². The van der Waals surface area contributed by atoms with Gasteiger partial charge in [-0.3, -0.25) is 0 Å². The lowest BCUT2D eigenvalue weighted by Crippen LogP contribution is -2.11. The van der Waals surface area contributed by atoms with E-state index < -0.39 is 0 Å². The van der Waals surface area contributed by atoms with E-state index in [1.807, 2.05) is 12.1 Å². The molecule has 4 aromatic rings. The van der Waals surface area contributed by atoms with Crippen LogP contribution in [0.25, 0.3) is 10.9 Å². The third-order valence-electron chi connectivity index (χ3n) is 4.42. The van der Waals surface area contributed by atoms with Crippen molar-refractivity contribution >= 4 is 57.8 Å². The number of nitrogens with zero attached hydrogens (tertiary/aromatic N) is 1. The summed E-state index contributed by atoms with van der Waals surface area (Å²) in [5.41, 5.74) is 3.57. The molecule has 2 heterocycles. The van der Waals surface area contributed by atoms with E-state index in [4.69, 9.17) is 23.2 Å². The topological polar surface area (TPSA) is 17.0 Å². The fraction of sp³-hybridized carbons (Fsp3) is 0.143. The molecule has 0 aliphatic carbocycles.